The van der Waals surface area contributed by atoms with Crippen LogP contribution >= 0.6 is 0 Å². The van der Waals surface area contributed by atoms with E-state index in [1.807, 2.05) is 0 Å². The van der Waals surface area contributed by atoms with Gasteiger partial charge in [-0.05, 0) is 19.3 Å². The summed E-state index contributed by atoms with van der Waals surface area (Å²) in [6, 6.07) is 0.314. The molecule has 0 spiro atoms. The van der Waals surface area contributed by atoms with Gasteiger partial charge in [-0.3, -0.25) is 14.3 Å². The summed E-state index contributed by atoms with van der Waals surface area (Å²) in [5.74, 6) is -0.580. The van der Waals surface area contributed by atoms with Crippen LogP contribution in [0.4, 0.5) is 0 Å². The Morgan fingerprint density at radius 1 is 1.52 bits per heavy atom. The Morgan fingerprint density at radius 2 is 2.22 bits per heavy atom. The number of hydrogen-bond acceptors (Lipinski definition) is 9. The second-order valence-electron chi connectivity index (χ2n) is 6.03. The zero-order valence-electron chi connectivity index (χ0n) is 14.3. The van der Waals surface area contributed by atoms with E-state index < -0.39 is 34.5 Å². The number of nitrogens with zero attached hydrogens (tertiary/aromatic N) is 3. The quantitative estimate of drug-likeness (QED) is 0.180. The lowest BCUT2D eigenvalue weighted by Gasteiger charge is -2.22. The SMILES string of the molecule is NC(N)=NC[C@@H](O)c1cc([C@@H](N)CC[C@@H]2CCC(=O)N2OS(=O)(=O)O)no1. The molecular formula is C13H22N6O7S. The molecule has 1 fully saturated rings. The minimum absolute atomic E-state index is 0.0977. The Morgan fingerprint density at radius 3 is 2.85 bits per heavy atom. The largest absolute Gasteiger partial charge is 0.418 e. The van der Waals surface area contributed by atoms with Crippen molar-refractivity contribution in [1.82, 2.24) is 10.2 Å². The van der Waals surface area contributed by atoms with Crippen LogP contribution in [0.15, 0.2) is 15.6 Å². The molecule has 8 N–H and O–H groups in total. The van der Waals surface area contributed by atoms with Crippen molar-refractivity contribution >= 4 is 22.3 Å². The molecule has 14 heteroatoms. The van der Waals surface area contributed by atoms with Crippen LogP contribution in [-0.2, 0) is 19.5 Å². The molecule has 0 unspecified atom stereocenters. The fourth-order valence-electron chi connectivity index (χ4n) is 2.62. The summed E-state index contributed by atoms with van der Waals surface area (Å²) in [7, 11) is -4.79. The van der Waals surface area contributed by atoms with Gasteiger partial charge in [0, 0.05) is 12.5 Å². The molecule has 0 aromatic carbocycles. The minimum Gasteiger partial charge on any atom is -0.383 e. The van der Waals surface area contributed by atoms with Crippen LogP contribution in [0.25, 0.3) is 0 Å². The maximum Gasteiger partial charge on any atom is 0.418 e. The molecule has 1 aliphatic heterocycles. The molecule has 1 aromatic heterocycles. The molecule has 13 nitrogen and oxygen atoms in total. The van der Waals surface area contributed by atoms with Gasteiger partial charge in [0.2, 0.25) is 5.91 Å². The van der Waals surface area contributed by atoms with Crippen LogP contribution in [0.1, 0.15) is 49.3 Å². The highest BCUT2D eigenvalue weighted by molar-refractivity contribution is 7.80. The Labute approximate surface area is 155 Å². The van der Waals surface area contributed by atoms with E-state index in [2.05, 4.69) is 14.4 Å². The van der Waals surface area contributed by atoms with Crippen molar-refractivity contribution in [3.05, 3.63) is 17.5 Å². The van der Waals surface area contributed by atoms with E-state index >= 15 is 0 Å². The van der Waals surface area contributed by atoms with Crippen molar-refractivity contribution in [3.63, 3.8) is 0 Å². The molecule has 27 heavy (non-hydrogen) atoms. The molecular weight excluding hydrogens is 384 g/mol. The molecule has 2 heterocycles. The monoisotopic (exact) mass is 406 g/mol. The van der Waals surface area contributed by atoms with Crippen molar-refractivity contribution < 1.29 is 31.7 Å². The van der Waals surface area contributed by atoms with Crippen LogP contribution in [0, 0.1) is 0 Å². The number of nitrogens with two attached hydrogens (primary N) is 3. The predicted octanol–water partition coefficient (Wildman–Crippen LogP) is -1.51. The molecule has 3 atom stereocenters. The third-order valence-corrected chi connectivity index (χ3v) is 4.30. The summed E-state index contributed by atoms with van der Waals surface area (Å²) >= 11 is 0. The third-order valence-electron chi connectivity index (χ3n) is 3.96. The van der Waals surface area contributed by atoms with Crippen LogP contribution in [0.3, 0.4) is 0 Å². The standard InChI is InChI=1S/C13H22N6O7S/c14-8(9-5-11(25-18-9)10(20)6-17-13(15)16)3-1-7-2-4-12(21)19(7)26-27(22,23)24/h5,7-8,10,20H,1-4,6,14H2,(H4,15,16,17)(H,22,23,24)/t7-,8+,10-/m1/s1. The molecule has 1 aromatic rings. The lowest BCUT2D eigenvalue weighted by molar-refractivity contribution is -0.157. The summed E-state index contributed by atoms with van der Waals surface area (Å²) in [6.07, 6.45) is -0.00444. The highest BCUT2D eigenvalue weighted by Gasteiger charge is 2.35. The highest BCUT2D eigenvalue weighted by atomic mass is 32.3. The van der Waals surface area contributed by atoms with Crippen molar-refractivity contribution in [3.8, 4) is 0 Å². The lowest BCUT2D eigenvalue weighted by Crippen LogP contribution is -2.35. The Bertz CT molecular complexity index is 791. The van der Waals surface area contributed by atoms with E-state index in [0.29, 0.717) is 30.0 Å². The van der Waals surface area contributed by atoms with E-state index in [1.165, 1.54) is 6.07 Å². The van der Waals surface area contributed by atoms with Gasteiger partial charge in [0.25, 0.3) is 0 Å². The molecule has 0 saturated carbocycles. The van der Waals surface area contributed by atoms with E-state index in [9.17, 15) is 18.3 Å². The topological polar surface area (TPSA) is 221 Å². The maximum atomic E-state index is 11.7. The first-order chi connectivity index (χ1) is 12.6. The molecule has 1 amide bonds. The molecule has 0 radical (unpaired) electrons. The van der Waals surface area contributed by atoms with E-state index in [1.54, 1.807) is 0 Å². The Hall–Kier alpha value is -2.26. The van der Waals surface area contributed by atoms with Gasteiger partial charge < -0.3 is 26.8 Å². The number of amides is 1. The van der Waals surface area contributed by atoms with Crippen LogP contribution in [0.2, 0.25) is 0 Å². The zero-order valence-corrected chi connectivity index (χ0v) is 15.1. The van der Waals surface area contributed by atoms with Gasteiger partial charge in [-0.25, -0.2) is 0 Å². The van der Waals surface area contributed by atoms with Gasteiger partial charge in [0.1, 0.15) is 11.8 Å². The van der Waals surface area contributed by atoms with Crippen LogP contribution in [-0.4, -0.2) is 52.8 Å². The molecule has 2 rings (SSSR count). The summed E-state index contributed by atoms with van der Waals surface area (Å²) < 4.78 is 39.8. The number of aliphatic hydroxyl groups excluding tert-OH is 1. The van der Waals surface area contributed by atoms with Crippen LogP contribution < -0.4 is 17.2 Å². The van der Waals surface area contributed by atoms with Gasteiger partial charge in [-0.15, -0.1) is 4.28 Å². The second-order valence-corrected chi connectivity index (χ2v) is 7.04. The normalized spacial score (nSPS) is 19.9. The number of carbonyl (C=O) groups is 1. The summed E-state index contributed by atoms with van der Waals surface area (Å²) in [4.78, 5) is 15.3. The van der Waals surface area contributed by atoms with E-state index in [-0.39, 0.29) is 24.7 Å². The first-order valence-corrected chi connectivity index (χ1v) is 9.38. The minimum atomic E-state index is -4.79. The number of hydrogen-bond donors (Lipinski definition) is 5. The number of aliphatic hydroxyl groups is 1. The summed E-state index contributed by atoms with van der Waals surface area (Å²) in [6.45, 7) is -0.0989. The molecule has 0 aliphatic carbocycles. The molecule has 0 bridgehead atoms. The van der Waals surface area contributed by atoms with Gasteiger partial charge in [-0.2, -0.15) is 13.5 Å². The van der Waals surface area contributed by atoms with Gasteiger partial charge in [-0.1, -0.05) is 5.16 Å². The Balaban J connectivity index is 1.93. The van der Waals surface area contributed by atoms with Crippen molar-refractivity contribution in [2.45, 2.75) is 43.9 Å². The number of hydroxylamine groups is 2. The molecule has 1 aliphatic rings. The fourth-order valence-corrected chi connectivity index (χ4v) is 3.03. The number of carbonyl (C=O) groups excluding carboxylic acids is 1. The number of aromatic nitrogens is 1. The highest BCUT2D eigenvalue weighted by Crippen LogP contribution is 2.27. The third kappa shape index (κ3) is 6.14. The maximum absolute atomic E-state index is 11.7. The molecule has 1 saturated heterocycles. The number of guanidine groups is 1. The Kier molecular flexibility index (Phi) is 6.72. The van der Waals surface area contributed by atoms with E-state index in [4.69, 9.17) is 26.3 Å². The fraction of sp³-hybridized carbons (Fsp3) is 0.615. The van der Waals surface area contributed by atoms with Crippen molar-refractivity contribution in [2.24, 2.45) is 22.2 Å². The van der Waals surface area contributed by atoms with Gasteiger partial charge >= 0.3 is 10.4 Å². The average Bonchev–Trinajstić information content (AvgIpc) is 3.18. The summed E-state index contributed by atoms with van der Waals surface area (Å²) in [5, 5.41) is 14.3. The van der Waals surface area contributed by atoms with Crippen molar-refractivity contribution in [2.75, 3.05) is 6.54 Å². The van der Waals surface area contributed by atoms with Gasteiger partial charge in [0.15, 0.2) is 11.7 Å². The zero-order chi connectivity index (χ0) is 20.2. The predicted molar refractivity (Wildman–Crippen MR) is 90.8 cm³/mol. The summed E-state index contributed by atoms with van der Waals surface area (Å²) in [5.41, 5.74) is 16.8. The first-order valence-electron chi connectivity index (χ1n) is 8.01. The molecule has 152 valence electrons. The number of aliphatic imine (C=N–C) groups is 1. The lowest BCUT2D eigenvalue weighted by atomic mass is 10.0. The number of rotatable bonds is 9. The average molecular weight is 406 g/mol. The van der Waals surface area contributed by atoms with Crippen LogP contribution in [0.5, 0.6) is 0 Å². The van der Waals surface area contributed by atoms with Gasteiger partial charge in [0.05, 0.1) is 18.6 Å². The van der Waals surface area contributed by atoms with Crippen molar-refractivity contribution in [1.29, 1.82) is 0 Å². The smallest absolute Gasteiger partial charge is 0.383 e. The van der Waals surface area contributed by atoms with E-state index in [0.717, 1.165) is 0 Å². The second kappa shape index (κ2) is 8.62. The first kappa shape index (κ1) is 21.0.